The first-order valence-corrected chi connectivity index (χ1v) is 13.7. The minimum absolute atomic E-state index is 0.0562. The van der Waals surface area contributed by atoms with E-state index in [1.165, 1.54) is 11.3 Å². The molecule has 2 aliphatic rings. The van der Waals surface area contributed by atoms with Gasteiger partial charge in [-0.2, -0.15) is 0 Å². The zero-order valence-electron chi connectivity index (χ0n) is 21.1. The van der Waals surface area contributed by atoms with E-state index in [1.807, 2.05) is 54.6 Å². The number of amides is 2. The molecule has 2 N–H and O–H groups in total. The normalized spacial score (nSPS) is 15.3. The fourth-order valence-corrected chi connectivity index (χ4v) is 5.75. The van der Waals surface area contributed by atoms with Gasteiger partial charge in [0, 0.05) is 17.0 Å². The standard InChI is InChI=1S/C30H27N3O5S/c34-28(21-11-14-24-25(15-21)38-18-37-24)33-30-32-27-23(7-4-8-26(27)39-30)29(35)31-16-19-9-12-22(13-10-19)36-17-20-5-2-1-3-6-20/h1-3,5-6,9-15,23H,4,7-8,16-18H2,(H,31,35)(H,32,33,34). The quantitative estimate of drug-likeness (QED) is 0.308. The molecule has 4 aromatic rings. The number of ether oxygens (including phenoxy) is 3. The third-order valence-corrected chi connectivity index (χ3v) is 7.81. The maximum Gasteiger partial charge on any atom is 0.257 e. The maximum absolute atomic E-state index is 13.1. The van der Waals surface area contributed by atoms with Crippen molar-refractivity contribution in [2.45, 2.75) is 38.3 Å². The van der Waals surface area contributed by atoms with Crippen LogP contribution in [-0.2, 0) is 24.4 Å². The van der Waals surface area contributed by atoms with Crippen LogP contribution in [0.4, 0.5) is 5.13 Å². The smallest absolute Gasteiger partial charge is 0.257 e. The number of hydrogen-bond acceptors (Lipinski definition) is 7. The molecule has 2 amide bonds. The molecule has 39 heavy (non-hydrogen) atoms. The van der Waals surface area contributed by atoms with Crippen LogP contribution >= 0.6 is 11.3 Å². The number of nitrogens with one attached hydrogen (secondary N) is 2. The molecule has 0 saturated heterocycles. The van der Waals surface area contributed by atoms with Crippen molar-refractivity contribution in [3.63, 3.8) is 0 Å². The summed E-state index contributed by atoms with van der Waals surface area (Å²) in [6, 6.07) is 22.8. The number of aromatic nitrogens is 1. The summed E-state index contributed by atoms with van der Waals surface area (Å²) in [6.45, 7) is 1.08. The fraction of sp³-hybridized carbons (Fsp3) is 0.233. The van der Waals surface area contributed by atoms with E-state index in [2.05, 4.69) is 15.6 Å². The Morgan fingerprint density at radius 2 is 1.79 bits per heavy atom. The molecule has 198 valence electrons. The molecule has 8 nitrogen and oxygen atoms in total. The predicted molar refractivity (Wildman–Crippen MR) is 147 cm³/mol. The third kappa shape index (κ3) is 5.73. The lowest BCUT2D eigenvalue weighted by molar-refractivity contribution is -0.123. The van der Waals surface area contributed by atoms with Crippen LogP contribution in [0.1, 0.15) is 50.8 Å². The maximum atomic E-state index is 13.1. The van der Waals surface area contributed by atoms with E-state index in [-0.39, 0.29) is 24.5 Å². The van der Waals surface area contributed by atoms with Gasteiger partial charge in [-0.15, -0.1) is 11.3 Å². The first-order valence-electron chi connectivity index (χ1n) is 12.9. The van der Waals surface area contributed by atoms with Crippen LogP contribution in [0.3, 0.4) is 0 Å². The lowest BCUT2D eigenvalue weighted by Gasteiger charge is -2.20. The number of carbonyl (C=O) groups is 2. The van der Waals surface area contributed by atoms with E-state index in [0.717, 1.165) is 46.7 Å². The number of thiazole rings is 1. The van der Waals surface area contributed by atoms with Gasteiger partial charge in [-0.3, -0.25) is 14.9 Å². The number of aryl methyl sites for hydroxylation is 1. The van der Waals surface area contributed by atoms with Gasteiger partial charge in [0.05, 0.1) is 11.6 Å². The average Bonchev–Trinajstić information content (AvgIpc) is 3.62. The van der Waals surface area contributed by atoms with E-state index in [1.54, 1.807) is 18.2 Å². The molecule has 1 aliphatic carbocycles. The molecule has 0 spiro atoms. The molecule has 9 heteroatoms. The molecular weight excluding hydrogens is 514 g/mol. The second-order valence-corrected chi connectivity index (χ2v) is 10.5. The molecule has 1 atom stereocenters. The van der Waals surface area contributed by atoms with Crippen LogP contribution in [0, 0.1) is 0 Å². The molecule has 0 fully saturated rings. The number of anilines is 1. The van der Waals surface area contributed by atoms with Gasteiger partial charge >= 0.3 is 0 Å². The van der Waals surface area contributed by atoms with Gasteiger partial charge in [0.25, 0.3) is 5.91 Å². The minimum atomic E-state index is -0.338. The highest BCUT2D eigenvalue weighted by molar-refractivity contribution is 7.16. The van der Waals surface area contributed by atoms with Crippen molar-refractivity contribution in [3.8, 4) is 17.2 Å². The number of rotatable bonds is 8. The van der Waals surface area contributed by atoms with Gasteiger partial charge in [0.15, 0.2) is 16.6 Å². The monoisotopic (exact) mass is 541 g/mol. The number of fused-ring (bicyclic) bond motifs is 2. The van der Waals surface area contributed by atoms with Crippen LogP contribution < -0.4 is 24.8 Å². The Kier molecular flexibility index (Phi) is 7.14. The second kappa shape index (κ2) is 11.2. The predicted octanol–water partition coefficient (Wildman–Crippen LogP) is 5.44. The van der Waals surface area contributed by atoms with Gasteiger partial charge in [-0.05, 0) is 60.7 Å². The van der Waals surface area contributed by atoms with E-state index in [0.29, 0.717) is 35.3 Å². The summed E-state index contributed by atoms with van der Waals surface area (Å²) < 4.78 is 16.5. The highest BCUT2D eigenvalue weighted by Crippen LogP contribution is 2.37. The van der Waals surface area contributed by atoms with Crippen molar-refractivity contribution in [2.24, 2.45) is 0 Å². The van der Waals surface area contributed by atoms with Crippen LogP contribution in [0.5, 0.6) is 17.2 Å². The second-order valence-electron chi connectivity index (χ2n) is 9.43. The van der Waals surface area contributed by atoms with E-state index in [9.17, 15) is 9.59 Å². The zero-order chi connectivity index (χ0) is 26.6. The van der Waals surface area contributed by atoms with Gasteiger partial charge in [-0.1, -0.05) is 42.5 Å². The first-order chi connectivity index (χ1) is 19.1. The topological polar surface area (TPSA) is 98.8 Å². The van der Waals surface area contributed by atoms with Gasteiger partial charge < -0.3 is 19.5 Å². The highest BCUT2D eigenvalue weighted by atomic mass is 32.1. The largest absolute Gasteiger partial charge is 0.489 e. The Hall–Kier alpha value is -4.37. The molecule has 1 aliphatic heterocycles. The van der Waals surface area contributed by atoms with Crippen LogP contribution in [0.25, 0.3) is 0 Å². The van der Waals surface area contributed by atoms with Crippen LogP contribution in [-0.4, -0.2) is 23.6 Å². The summed E-state index contributed by atoms with van der Waals surface area (Å²) in [7, 11) is 0. The average molecular weight is 542 g/mol. The van der Waals surface area contributed by atoms with Crippen molar-refractivity contribution in [3.05, 3.63) is 100 Å². The van der Waals surface area contributed by atoms with E-state index < -0.39 is 0 Å². The Morgan fingerprint density at radius 3 is 2.64 bits per heavy atom. The van der Waals surface area contributed by atoms with Crippen molar-refractivity contribution < 1.29 is 23.8 Å². The summed E-state index contributed by atoms with van der Waals surface area (Å²) >= 11 is 1.43. The molecule has 2 heterocycles. The van der Waals surface area contributed by atoms with E-state index in [4.69, 9.17) is 14.2 Å². The minimum Gasteiger partial charge on any atom is -0.489 e. The Bertz CT molecular complexity index is 1490. The SMILES string of the molecule is O=C(Nc1nc2c(s1)CCCC2C(=O)NCc1ccc(OCc2ccccc2)cc1)c1ccc2c(c1)OCO2. The first kappa shape index (κ1) is 24.9. The van der Waals surface area contributed by atoms with Gasteiger partial charge in [0.2, 0.25) is 12.7 Å². The summed E-state index contributed by atoms with van der Waals surface area (Å²) in [5, 5.41) is 6.43. The summed E-state index contributed by atoms with van der Waals surface area (Å²) in [5.74, 6) is 1.28. The van der Waals surface area contributed by atoms with Crippen LogP contribution in [0.15, 0.2) is 72.8 Å². The molecule has 3 aromatic carbocycles. The number of hydrogen-bond donors (Lipinski definition) is 2. The van der Waals surface area contributed by atoms with Crippen molar-refractivity contribution >= 4 is 28.3 Å². The number of carbonyl (C=O) groups excluding carboxylic acids is 2. The summed E-state index contributed by atoms with van der Waals surface area (Å²) in [5.41, 5.74) is 3.31. The van der Waals surface area contributed by atoms with E-state index >= 15 is 0 Å². The fourth-order valence-electron chi connectivity index (χ4n) is 4.69. The third-order valence-electron chi connectivity index (χ3n) is 6.76. The van der Waals surface area contributed by atoms with Crippen molar-refractivity contribution in [1.82, 2.24) is 10.3 Å². The highest BCUT2D eigenvalue weighted by Gasteiger charge is 2.30. The zero-order valence-corrected chi connectivity index (χ0v) is 22.0. The molecule has 0 bridgehead atoms. The molecule has 1 aromatic heterocycles. The lowest BCUT2D eigenvalue weighted by Crippen LogP contribution is -2.31. The Balaban J connectivity index is 1.05. The molecule has 0 radical (unpaired) electrons. The Labute approximate surface area is 229 Å². The lowest BCUT2D eigenvalue weighted by atomic mass is 9.90. The number of benzene rings is 3. The molecule has 6 rings (SSSR count). The van der Waals surface area contributed by atoms with Crippen LogP contribution in [0.2, 0.25) is 0 Å². The van der Waals surface area contributed by atoms with Gasteiger partial charge in [-0.25, -0.2) is 4.98 Å². The molecular formula is C30H27N3O5S. The Morgan fingerprint density at radius 1 is 0.974 bits per heavy atom. The molecule has 1 unspecified atom stereocenters. The van der Waals surface area contributed by atoms with Gasteiger partial charge in [0.1, 0.15) is 12.4 Å². The van der Waals surface area contributed by atoms with Crippen molar-refractivity contribution in [1.29, 1.82) is 0 Å². The van der Waals surface area contributed by atoms with Crippen molar-refractivity contribution in [2.75, 3.05) is 12.1 Å². The number of nitrogens with zero attached hydrogens (tertiary/aromatic N) is 1. The summed E-state index contributed by atoms with van der Waals surface area (Å²) in [6.07, 6.45) is 2.47. The molecule has 0 saturated carbocycles. The summed E-state index contributed by atoms with van der Waals surface area (Å²) in [4.78, 5) is 31.6.